The van der Waals surface area contributed by atoms with Crippen LogP contribution in [0, 0.1) is 0 Å². The molecule has 0 saturated heterocycles. The summed E-state index contributed by atoms with van der Waals surface area (Å²) in [4.78, 5) is 17.7. The number of carbonyl (C=O) groups excluding carboxylic acids is 1. The Morgan fingerprint density at radius 3 is 2.75 bits per heavy atom. The number of urea groups is 1. The van der Waals surface area contributed by atoms with E-state index in [9.17, 15) is 9.90 Å². The van der Waals surface area contributed by atoms with E-state index in [1.807, 2.05) is 0 Å². The number of aromatic hydroxyl groups is 1. The first-order valence-electron chi connectivity index (χ1n) is 7.12. The minimum Gasteiger partial charge on any atom is -0.508 e. The molecule has 3 rings (SSSR count). The lowest BCUT2D eigenvalue weighted by Crippen LogP contribution is -2.31. The van der Waals surface area contributed by atoms with Crippen molar-refractivity contribution in [3.05, 3.63) is 59.8 Å². The zero-order chi connectivity index (χ0) is 16.9. The molecule has 122 valence electrons. The number of anilines is 1. The third-order valence-electron chi connectivity index (χ3n) is 3.20. The number of carbonyl (C=O) groups is 1. The molecule has 0 aromatic heterocycles. The zero-order valence-corrected chi connectivity index (χ0v) is 13.3. The Morgan fingerprint density at radius 2 is 2.04 bits per heavy atom. The van der Waals surface area contributed by atoms with E-state index in [1.54, 1.807) is 48.8 Å². The largest absolute Gasteiger partial charge is 0.508 e. The van der Waals surface area contributed by atoms with Crippen LogP contribution in [0.1, 0.15) is 0 Å². The van der Waals surface area contributed by atoms with Crippen LogP contribution < -0.4 is 10.1 Å². The lowest BCUT2D eigenvalue weighted by atomic mass is 10.2. The van der Waals surface area contributed by atoms with Crippen LogP contribution in [-0.4, -0.2) is 28.9 Å². The van der Waals surface area contributed by atoms with Gasteiger partial charge in [-0.15, -0.1) is 0 Å². The van der Waals surface area contributed by atoms with Crippen molar-refractivity contribution in [1.29, 1.82) is 0 Å². The number of hydrogen-bond acceptors (Lipinski definition) is 4. The Kier molecular flexibility index (Phi) is 4.67. The number of phenolic OH excluding ortho intramolecular Hbond substituents is 1. The van der Waals surface area contributed by atoms with Gasteiger partial charge in [0.05, 0.1) is 5.69 Å². The van der Waals surface area contributed by atoms with Crippen LogP contribution in [0.25, 0.3) is 0 Å². The maximum Gasteiger partial charge on any atom is 0.327 e. The van der Waals surface area contributed by atoms with Crippen LogP contribution in [0.3, 0.4) is 0 Å². The summed E-state index contributed by atoms with van der Waals surface area (Å²) < 4.78 is 5.76. The summed E-state index contributed by atoms with van der Waals surface area (Å²) in [6.45, 7) is 0.247. The Bertz CT molecular complexity index is 803. The molecular weight excluding hydrogens is 330 g/mol. The zero-order valence-electron chi connectivity index (χ0n) is 12.5. The van der Waals surface area contributed by atoms with Crippen LogP contribution in [0.2, 0.25) is 5.02 Å². The molecule has 1 aliphatic rings. The average Bonchev–Trinajstić information content (AvgIpc) is 2.60. The highest BCUT2D eigenvalue weighted by Gasteiger charge is 2.15. The van der Waals surface area contributed by atoms with E-state index in [0.29, 0.717) is 22.2 Å². The van der Waals surface area contributed by atoms with Crippen molar-refractivity contribution in [3.8, 4) is 17.2 Å². The number of allylic oxidation sites excluding steroid dienone is 1. The van der Waals surface area contributed by atoms with Crippen LogP contribution >= 0.6 is 11.6 Å². The number of phenols is 1. The van der Waals surface area contributed by atoms with Gasteiger partial charge < -0.3 is 15.2 Å². The third kappa shape index (κ3) is 3.85. The number of ether oxygens (including phenoxy) is 1. The van der Waals surface area contributed by atoms with E-state index in [0.717, 1.165) is 0 Å². The van der Waals surface area contributed by atoms with E-state index >= 15 is 0 Å². The van der Waals surface area contributed by atoms with E-state index in [2.05, 4.69) is 10.3 Å². The second-order valence-electron chi connectivity index (χ2n) is 4.95. The topological polar surface area (TPSA) is 74.2 Å². The van der Waals surface area contributed by atoms with Crippen LogP contribution in [0.5, 0.6) is 17.2 Å². The molecule has 24 heavy (non-hydrogen) atoms. The maximum atomic E-state index is 12.3. The minimum absolute atomic E-state index is 0.143. The van der Waals surface area contributed by atoms with Gasteiger partial charge in [0, 0.05) is 17.4 Å². The molecule has 2 N–H and O–H groups in total. The second-order valence-corrected chi connectivity index (χ2v) is 5.39. The summed E-state index contributed by atoms with van der Waals surface area (Å²) in [6.07, 6.45) is 4.94. The molecule has 2 aromatic rings. The van der Waals surface area contributed by atoms with E-state index in [-0.39, 0.29) is 18.4 Å². The van der Waals surface area contributed by atoms with Gasteiger partial charge >= 0.3 is 6.03 Å². The van der Waals surface area contributed by atoms with Crippen molar-refractivity contribution in [2.24, 2.45) is 4.99 Å². The van der Waals surface area contributed by atoms with Gasteiger partial charge in [-0.05, 0) is 48.5 Å². The first kappa shape index (κ1) is 15.9. The summed E-state index contributed by atoms with van der Waals surface area (Å²) >= 11 is 6.02. The highest BCUT2D eigenvalue weighted by Crippen LogP contribution is 2.32. The van der Waals surface area contributed by atoms with Gasteiger partial charge in [0.15, 0.2) is 5.75 Å². The van der Waals surface area contributed by atoms with Gasteiger partial charge in [0.1, 0.15) is 18.2 Å². The fourth-order valence-electron chi connectivity index (χ4n) is 2.03. The molecule has 1 aliphatic heterocycles. The average molecular weight is 344 g/mol. The van der Waals surface area contributed by atoms with E-state index in [4.69, 9.17) is 16.3 Å². The summed E-state index contributed by atoms with van der Waals surface area (Å²) in [5, 5.41) is 12.5. The minimum atomic E-state index is -0.346. The Balaban J connectivity index is 1.80. The highest BCUT2D eigenvalue weighted by molar-refractivity contribution is 6.31. The molecule has 0 saturated carbocycles. The lowest BCUT2D eigenvalue weighted by molar-refractivity contribution is 0.229. The van der Waals surface area contributed by atoms with Gasteiger partial charge in [0.2, 0.25) is 0 Å². The first-order valence-corrected chi connectivity index (χ1v) is 7.50. The molecule has 2 amide bonds. The van der Waals surface area contributed by atoms with Gasteiger partial charge in [-0.3, -0.25) is 9.89 Å². The quantitative estimate of drug-likeness (QED) is 0.875. The van der Waals surface area contributed by atoms with E-state index in [1.165, 1.54) is 17.0 Å². The van der Waals surface area contributed by atoms with Crippen molar-refractivity contribution in [2.45, 2.75) is 0 Å². The van der Waals surface area contributed by atoms with Gasteiger partial charge in [-0.1, -0.05) is 11.6 Å². The predicted octanol–water partition coefficient (Wildman–Crippen LogP) is 4.23. The lowest BCUT2D eigenvalue weighted by Gasteiger charge is -2.20. The third-order valence-corrected chi connectivity index (χ3v) is 3.44. The number of hydrogen-bond donors (Lipinski definition) is 2. The molecule has 0 atom stereocenters. The Labute approximate surface area is 143 Å². The SMILES string of the molecule is O=C(Nc1cc(Cl)ccc1Oc1ccc(O)cc1)N1C=CC=NC1. The number of rotatable bonds is 3. The fraction of sp³-hybridized carbons (Fsp3) is 0.0588. The molecule has 0 unspecified atom stereocenters. The van der Waals surface area contributed by atoms with Crippen molar-refractivity contribution in [2.75, 3.05) is 12.0 Å². The van der Waals surface area contributed by atoms with Gasteiger partial charge in [-0.25, -0.2) is 4.79 Å². The molecule has 0 aliphatic carbocycles. The predicted molar refractivity (Wildman–Crippen MR) is 93.0 cm³/mol. The van der Waals surface area contributed by atoms with Gasteiger partial charge in [-0.2, -0.15) is 0 Å². The van der Waals surface area contributed by atoms with Crippen molar-refractivity contribution in [1.82, 2.24) is 4.90 Å². The molecule has 0 radical (unpaired) electrons. The fourth-order valence-corrected chi connectivity index (χ4v) is 2.21. The van der Waals surface area contributed by atoms with Crippen LogP contribution in [0.15, 0.2) is 59.7 Å². The number of nitrogens with zero attached hydrogens (tertiary/aromatic N) is 2. The van der Waals surface area contributed by atoms with Crippen LogP contribution in [-0.2, 0) is 0 Å². The van der Waals surface area contributed by atoms with E-state index < -0.39 is 0 Å². The Morgan fingerprint density at radius 1 is 1.25 bits per heavy atom. The van der Waals surface area contributed by atoms with Gasteiger partial charge in [0.25, 0.3) is 0 Å². The van der Waals surface area contributed by atoms with Crippen LogP contribution in [0.4, 0.5) is 10.5 Å². The molecule has 0 spiro atoms. The number of halogens is 1. The van der Waals surface area contributed by atoms with Crippen molar-refractivity contribution >= 4 is 29.5 Å². The molecule has 6 nitrogen and oxygen atoms in total. The molecule has 2 aromatic carbocycles. The summed E-state index contributed by atoms with van der Waals surface area (Å²) in [5.74, 6) is 1.10. The number of nitrogens with one attached hydrogen (secondary N) is 1. The highest BCUT2D eigenvalue weighted by atomic mass is 35.5. The Hall–Kier alpha value is -2.99. The van der Waals surface area contributed by atoms with Crippen molar-refractivity contribution in [3.63, 3.8) is 0 Å². The molecule has 7 heteroatoms. The monoisotopic (exact) mass is 343 g/mol. The first-order chi connectivity index (χ1) is 11.6. The second kappa shape index (κ2) is 7.06. The summed E-state index contributed by atoms with van der Waals surface area (Å²) in [5.41, 5.74) is 0.434. The molecule has 0 bridgehead atoms. The molecule has 1 heterocycles. The summed E-state index contributed by atoms with van der Waals surface area (Å²) in [7, 11) is 0. The standard InChI is InChI=1S/C17H14ClN3O3/c18-12-2-7-16(24-14-5-3-13(22)4-6-14)15(10-12)20-17(23)21-9-1-8-19-11-21/h1-10,22H,11H2,(H,20,23). The number of aliphatic imine (C=N–C) groups is 1. The molecule has 0 fully saturated rings. The van der Waals surface area contributed by atoms with Crippen molar-refractivity contribution < 1.29 is 14.6 Å². The number of benzene rings is 2. The number of amides is 2. The smallest absolute Gasteiger partial charge is 0.327 e. The maximum absolute atomic E-state index is 12.3. The normalized spacial score (nSPS) is 13.0. The summed E-state index contributed by atoms with van der Waals surface area (Å²) in [6, 6.07) is 10.9. The molecular formula is C17H14ClN3O3.